The topological polar surface area (TPSA) is 46.3 Å². The Morgan fingerprint density at radius 2 is 1.85 bits per heavy atom. The predicted octanol–water partition coefficient (Wildman–Crippen LogP) is 1.23. The summed E-state index contributed by atoms with van der Waals surface area (Å²) in [5, 5.41) is 0. The lowest BCUT2D eigenvalue weighted by Gasteiger charge is -2.24. The highest BCUT2D eigenvalue weighted by Crippen LogP contribution is 2.11. The van der Waals surface area contributed by atoms with Crippen molar-refractivity contribution in [1.29, 1.82) is 0 Å². The molecule has 0 aliphatic heterocycles. The second kappa shape index (κ2) is 6.89. The van der Waals surface area contributed by atoms with Gasteiger partial charge in [0.1, 0.15) is 0 Å². The molecule has 0 rings (SSSR count). The summed E-state index contributed by atoms with van der Waals surface area (Å²) in [6.07, 6.45) is 1.71. The van der Waals surface area contributed by atoms with E-state index in [1.807, 2.05) is 25.7 Å². The van der Waals surface area contributed by atoms with Crippen LogP contribution in [0.15, 0.2) is 0 Å². The van der Waals surface area contributed by atoms with Crippen LogP contribution < -0.4 is 5.73 Å². The highest BCUT2D eigenvalue weighted by atomic mass is 16.2. The van der Waals surface area contributed by atoms with E-state index in [1.165, 1.54) is 0 Å². The van der Waals surface area contributed by atoms with Gasteiger partial charge in [-0.2, -0.15) is 0 Å². The summed E-state index contributed by atoms with van der Waals surface area (Å²) in [5.74, 6) is 0.392. The summed E-state index contributed by atoms with van der Waals surface area (Å²) in [4.78, 5) is 13.7. The molecule has 0 aromatic carbocycles. The van der Waals surface area contributed by atoms with Gasteiger partial charge in [0.05, 0.1) is 0 Å². The third-order valence-corrected chi connectivity index (χ3v) is 2.43. The fraction of sp³-hybridized carbons (Fsp3) is 0.900. The molecule has 0 aromatic heterocycles. The second-order valence-corrected chi connectivity index (χ2v) is 3.19. The molecule has 1 amide bonds. The second-order valence-electron chi connectivity index (χ2n) is 3.19. The zero-order valence-electron chi connectivity index (χ0n) is 9.05. The van der Waals surface area contributed by atoms with Crippen LogP contribution in [-0.2, 0) is 4.79 Å². The van der Waals surface area contributed by atoms with Crippen molar-refractivity contribution in [3.8, 4) is 0 Å². The van der Waals surface area contributed by atoms with Gasteiger partial charge in [0.2, 0.25) is 5.91 Å². The van der Waals surface area contributed by atoms with Crippen molar-refractivity contribution in [2.75, 3.05) is 19.6 Å². The van der Waals surface area contributed by atoms with E-state index in [0.29, 0.717) is 6.54 Å². The molecule has 1 atom stereocenters. The Bertz CT molecular complexity index is 144. The Labute approximate surface area is 81.3 Å². The lowest BCUT2D eigenvalue weighted by atomic mass is 10.0. The molecule has 0 saturated heterocycles. The van der Waals surface area contributed by atoms with Crippen molar-refractivity contribution < 1.29 is 4.79 Å². The molecule has 0 radical (unpaired) electrons. The Kier molecular flexibility index (Phi) is 6.59. The molecular weight excluding hydrogens is 164 g/mol. The van der Waals surface area contributed by atoms with E-state index in [0.717, 1.165) is 25.9 Å². The summed E-state index contributed by atoms with van der Waals surface area (Å²) in [7, 11) is 0. The number of hydrogen-bond acceptors (Lipinski definition) is 2. The van der Waals surface area contributed by atoms with Gasteiger partial charge < -0.3 is 10.6 Å². The van der Waals surface area contributed by atoms with Crippen molar-refractivity contribution in [2.24, 2.45) is 11.7 Å². The molecule has 2 N–H and O–H groups in total. The van der Waals surface area contributed by atoms with Gasteiger partial charge in [0.15, 0.2) is 0 Å². The lowest BCUT2D eigenvalue weighted by Crippen LogP contribution is -2.36. The SMILES string of the molecule is CCC(CCN)C(=O)N(CC)CC. The minimum absolute atomic E-state index is 0.130. The van der Waals surface area contributed by atoms with Crippen LogP contribution in [-0.4, -0.2) is 30.4 Å². The van der Waals surface area contributed by atoms with Gasteiger partial charge in [-0.25, -0.2) is 0 Å². The maximum absolute atomic E-state index is 11.8. The number of carbonyl (C=O) groups is 1. The Hall–Kier alpha value is -0.570. The van der Waals surface area contributed by atoms with Crippen molar-refractivity contribution in [3.63, 3.8) is 0 Å². The number of carbonyl (C=O) groups excluding carboxylic acids is 1. The van der Waals surface area contributed by atoms with E-state index in [-0.39, 0.29) is 11.8 Å². The average Bonchev–Trinajstić information content (AvgIpc) is 2.15. The van der Waals surface area contributed by atoms with Crippen molar-refractivity contribution >= 4 is 5.91 Å². The fourth-order valence-electron chi connectivity index (χ4n) is 1.50. The van der Waals surface area contributed by atoms with Gasteiger partial charge in [0, 0.05) is 19.0 Å². The third-order valence-electron chi connectivity index (χ3n) is 2.43. The maximum atomic E-state index is 11.8. The van der Waals surface area contributed by atoms with Crippen LogP contribution in [0.4, 0.5) is 0 Å². The summed E-state index contributed by atoms with van der Waals surface area (Å²) in [5.41, 5.74) is 5.46. The van der Waals surface area contributed by atoms with Crippen molar-refractivity contribution in [2.45, 2.75) is 33.6 Å². The molecule has 1 unspecified atom stereocenters. The molecule has 0 heterocycles. The Morgan fingerprint density at radius 3 is 2.15 bits per heavy atom. The molecule has 78 valence electrons. The first-order valence-electron chi connectivity index (χ1n) is 5.19. The number of amides is 1. The van der Waals surface area contributed by atoms with Crippen LogP contribution in [0.25, 0.3) is 0 Å². The van der Waals surface area contributed by atoms with Crippen LogP contribution in [0.2, 0.25) is 0 Å². The lowest BCUT2D eigenvalue weighted by molar-refractivity contribution is -0.135. The Morgan fingerprint density at radius 1 is 1.31 bits per heavy atom. The maximum Gasteiger partial charge on any atom is 0.225 e. The first kappa shape index (κ1) is 12.4. The van der Waals surface area contributed by atoms with Gasteiger partial charge in [-0.3, -0.25) is 4.79 Å². The minimum Gasteiger partial charge on any atom is -0.343 e. The monoisotopic (exact) mass is 186 g/mol. The first-order chi connectivity index (χ1) is 6.21. The zero-order valence-corrected chi connectivity index (χ0v) is 9.05. The van der Waals surface area contributed by atoms with Gasteiger partial charge in [-0.15, -0.1) is 0 Å². The van der Waals surface area contributed by atoms with Crippen LogP contribution in [0.1, 0.15) is 33.6 Å². The molecular formula is C10H22N2O. The zero-order chi connectivity index (χ0) is 10.3. The summed E-state index contributed by atoms with van der Waals surface area (Å²) >= 11 is 0. The van der Waals surface area contributed by atoms with Crippen LogP contribution >= 0.6 is 0 Å². The molecule has 0 spiro atoms. The van der Waals surface area contributed by atoms with E-state index in [9.17, 15) is 4.79 Å². The van der Waals surface area contributed by atoms with Gasteiger partial charge in [-0.05, 0) is 33.2 Å². The third kappa shape index (κ3) is 3.77. The normalized spacial score (nSPS) is 12.6. The largest absolute Gasteiger partial charge is 0.343 e. The number of hydrogen-bond donors (Lipinski definition) is 1. The standard InChI is InChI=1S/C10H22N2O/c1-4-9(7-8-11)10(13)12(5-2)6-3/h9H,4-8,11H2,1-3H3. The highest BCUT2D eigenvalue weighted by molar-refractivity contribution is 5.78. The van der Waals surface area contributed by atoms with Crippen LogP contribution in [0.3, 0.4) is 0 Å². The molecule has 0 fully saturated rings. The molecule has 3 nitrogen and oxygen atoms in total. The Balaban J connectivity index is 4.16. The molecule has 13 heavy (non-hydrogen) atoms. The van der Waals surface area contributed by atoms with Crippen molar-refractivity contribution in [3.05, 3.63) is 0 Å². The fourth-order valence-corrected chi connectivity index (χ4v) is 1.50. The molecule has 0 saturated carbocycles. The number of nitrogens with zero attached hydrogens (tertiary/aromatic N) is 1. The molecule has 0 aliphatic rings. The highest BCUT2D eigenvalue weighted by Gasteiger charge is 2.19. The van der Waals surface area contributed by atoms with E-state index in [1.54, 1.807) is 0 Å². The van der Waals surface area contributed by atoms with Crippen LogP contribution in [0, 0.1) is 5.92 Å². The summed E-state index contributed by atoms with van der Waals surface area (Å²) in [6.45, 7) is 8.27. The number of rotatable bonds is 6. The molecule has 0 bridgehead atoms. The van der Waals surface area contributed by atoms with Crippen molar-refractivity contribution in [1.82, 2.24) is 4.90 Å². The molecule has 3 heteroatoms. The van der Waals surface area contributed by atoms with E-state index < -0.39 is 0 Å². The quantitative estimate of drug-likeness (QED) is 0.678. The van der Waals surface area contributed by atoms with Gasteiger partial charge >= 0.3 is 0 Å². The summed E-state index contributed by atoms with van der Waals surface area (Å²) < 4.78 is 0. The van der Waals surface area contributed by atoms with E-state index >= 15 is 0 Å². The summed E-state index contributed by atoms with van der Waals surface area (Å²) in [6, 6.07) is 0. The van der Waals surface area contributed by atoms with Gasteiger partial charge in [-0.1, -0.05) is 6.92 Å². The smallest absolute Gasteiger partial charge is 0.225 e. The molecule has 0 aromatic rings. The van der Waals surface area contributed by atoms with E-state index in [4.69, 9.17) is 5.73 Å². The number of nitrogens with two attached hydrogens (primary N) is 1. The molecule has 0 aliphatic carbocycles. The van der Waals surface area contributed by atoms with Crippen LogP contribution in [0.5, 0.6) is 0 Å². The van der Waals surface area contributed by atoms with E-state index in [2.05, 4.69) is 0 Å². The minimum atomic E-state index is 0.130. The van der Waals surface area contributed by atoms with Gasteiger partial charge in [0.25, 0.3) is 0 Å². The average molecular weight is 186 g/mol. The first-order valence-corrected chi connectivity index (χ1v) is 5.19. The predicted molar refractivity (Wildman–Crippen MR) is 55.4 cm³/mol.